The lowest BCUT2D eigenvalue weighted by Gasteiger charge is -2.09. The second-order valence-electron chi connectivity index (χ2n) is 2.99. The molecular formula is C7H10N2O2. The van der Waals surface area contributed by atoms with Crippen LogP contribution in [0.4, 0.5) is 0 Å². The van der Waals surface area contributed by atoms with E-state index < -0.39 is 0 Å². The Morgan fingerprint density at radius 3 is 3.27 bits per heavy atom. The van der Waals surface area contributed by atoms with Crippen molar-refractivity contribution >= 4 is 0 Å². The molecule has 0 fully saturated rings. The van der Waals surface area contributed by atoms with Crippen molar-refractivity contribution in [2.75, 3.05) is 0 Å². The molecule has 0 amide bonds. The van der Waals surface area contributed by atoms with Crippen LogP contribution in [0.15, 0.2) is 4.52 Å². The Kier molecular flexibility index (Phi) is 1.34. The third-order valence-electron chi connectivity index (χ3n) is 2.18. The molecule has 0 unspecified atom stereocenters. The second kappa shape index (κ2) is 2.22. The Bertz CT molecular complexity index is 269. The fourth-order valence-corrected chi connectivity index (χ4v) is 1.53. The molecule has 0 aliphatic carbocycles. The normalized spacial score (nSPS) is 23.2. The van der Waals surface area contributed by atoms with Crippen LogP contribution in [0.2, 0.25) is 0 Å². The Morgan fingerprint density at radius 2 is 2.55 bits per heavy atom. The Morgan fingerprint density at radius 1 is 1.73 bits per heavy atom. The number of aromatic nitrogens is 2. The highest BCUT2D eigenvalue weighted by Crippen LogP contribution is 2.20. The third kappa shape index (κ3) is 0.895. The van der Waals surface area contributed by atoms with Gasteiger partial charge in [-0.25, -0.2) is 0 Å². The van der Waals surface area contributed by atoms with Crippen molar-refractivity contribution in [2.24, 2.45) is 0 Å². The van der Waals surface area contributed by atoms with Crippen LogP contribution in [0.25, 0.3) is 0 Å². The van der Waals surface area contributed by atoms with Gasteiger partial charge in [0, 0.05) is 19.8 Å². The van der Waals surface area contributed by atoms with Crippen LogP contribution in [0.5, 0.6) is 5.95 Å². The first kappa shape index (κ1) is 6.64. The van der Waals surface area contributed by atoms with Crippen molar-refractivity contribution in [3.8, 4) is 5.95 Å². The van der Waals surface area contributed by atoms with Crippen LogP contribution < -0.4 is 9.79 Å². The van der Waals surface area contributed by atoms with E-state index in [1.165, 1.54) is 0 Å². The van der Waals surface area contributed by atoms with Gasteiger partial charge < -0.3 is 9.63 Å². The number of rotatable bonds is 0. The number of nitrogens with zero attached hydrogens (tertiary/aromatic N) is 2. The topological polar surface area (TPSA) is 53.0 Å². The molecule has 1 aliphatic heterocycles. The van der Waals surface area contributed by atoms with Crippen molar-refractivity contribution in [1.29, 1.82) is 0 Å². The van der Waals surface area contributed by atoms with E-state index in [1.807, 2.05) is 6.92 Å². The van der Waals surface area contributed by atoms with E-state index >= 15 is 0 Å². The summed E-state index contributed by atoms with van der Waals surface area (Å²) in [4.78, 5) is 0. The summed E-state index contributed by atoms with van der Waals surface area (Å²) in [5, 5.41) is 14.6. The SMILES string of the molecule is C[C@@H]1CCCc2c([O-])on[n+]21. The minimum Gasteiger partial charge on any atom is -0.539 e. The zero-order valence-electron chi connectivity index (χ0n) is 6.41. The fraction of sp³-hybridized carbons (Fsp3) is 0.714. The molecule has 0 spiro atoms. The molecule has 4 nitrogen and oxygen atoms in total. The molecular weight excluding hydrogens is 144 g/mol. The predicted molar refractivity (Wildman–Crippen MR) is 33.8 cm³/mol. The molecule has 4 heteroatoms. The molecule has 60 valence electrons. The first-order chi connectivity index (χ1) is 5.29. The van der Waals surface area contributed by atoms with Crippen molar-refractivity contribution in [1.82, 2.24) is 5.27 Å². The first-order valence-electron chi connectivity index (χ1n) is 3.86. The van der Waals surface area contributed by atoms with E-state index in [2.05, 4.69) is 9.79 Å². The molecule has 2 heterocycles. The summed E-state index contributed by atoms with van der Waals surface area (Å²) in [7, 11) is 0. The maximum Gasteiger partial charge on any atom is 0.233 e. The minimum absolute atomic E-state index is 0.267. The largest absolute Gasteiger partial charge is 0.539 e. The molecule has 2 rings (SSSR count). The zero-order valence-corrected chi connectivity index (χ0v) is 6.41. The Hall–Kier alpha value is -1.06. The van der Waals surface area contributed by atoms with E-state index in [1.54, 1.807) is 4.68 Å². The van der Waals surface area contributed by atoms with Gasteiger partial charge >= 0.3 is 0 Å². The monoisotopic (exact) mass is 154 g/mol. The summed E-state index contributed by atoms with van der Waals surface area (Å²) >= 11 is 0. The van der Waals surface area contributed by atoms with E-state index in [0.29, 0.717) is 6.04 Å². The van der Waals surface area contributed by atoms with Gasteiger partial charge in [-0.15, -0.1) is 0 Å². The smallest absolute Gasteiger partial charge is 0.233 e. The van der Waals surface area contributed by atoms with Crippen LogP contribution in [-0.4, -0.2) is 5.27 Å². The fourth-order valence-electron chi connectivity index (χ4n) is 1.53. The van der Waals surface area contributed by atoms with Crippen molar-refractivity contribution < 1.29 is 14.3 Å². The van der Waals surface area contributed by atoms with Crippen LogP contribution >= 0.6 is 0 Å². The number of hydrogen-bond acceptors (Lipinski definition) is 3. The summed E-state index contributed by atoms with van der Waals surface area (Å²) < 4.78 is 6.25. The van der Waals surface area contributed by atoms with E-state index in [0.717, 1.165) is 25.0 Å². The lowest BCUT2D eigenvalue weighted by Crippen LogP contribution is -2.45. The summed E-state index contributed by atoms with van der Waals surface area (Å²) in [6.07, 6.45) is 2.97. The van der Waals surface area contributed by atoms with Gasteiger partial charge in [-0.2, -0.15) is 0 Å². The predicted octanol–water partition coefficient (Wildman–Crippen LogP) is -0.0670. The first-order valence-corrected chi connectivity index (χ1v) is 3.86. The molecule has 0 bridgehead atoms. The Labute approximate surface area is 64.4 Å². The van der Waals surface area contributed by atoms with Gasteiger partial charge in [0.25, 0.3) is 0 Å². The quantitative estimate of drug-likeness (QED) is 0.491. The van der Waals surface area contributed by atoms with Gasteiger partial charge in [0.2, 0.25) is 5.69 Å². The van der Waals surface area contributed by atoms with Crippen molar-refractivity contribution in [3.05, 3.63) is 5.69 Å². The molecule has 1 atom stereocenters. The molecule has 0 saturated heterocycles. The molecule has 0 aromatic carbocycles. The molecule has 1 aliphatic rings. The molecule has 0 saturated carbocycles. The number of hydrogen-bond donors (Lipinski definition) is 0. The van der Waals surface area contributed by atoms with Gasteiger partial charge in [-0.1, -0.05) is 4.68 Å². The second-order valence-corrected chi connectivity index (χ2v) is 2.99. The molecule has 0 radical (unpaired) electrons. The lowest BCUT2D eigenvalue weighted by molar-refractivity contribution is -0.792. The summed E-state index contributed by atoms with van der Waals surface area (Å²) in [6.45, 7) is 2.05. The zero-order chi connectivity index (χ0) is 7.84. The number of fused-ring (bicyclic) bond motifs is 1. The lowest BCUT2D eigenvalue weighted by atomic mass is 10.1. The van der Waals surface area contributed by atoms with E-state index in [-0.39, 0.29) is 5.95 Å². The van der Waals surface area contributed by atoms with E-state index in [9.17, 15) is 5.11 Å². The maximum atomic E-state index is 11.0. The van der Waals surface area contributed by atoms with Gasteiger partial charge in [0.05, 0.1) is 5.27 Å². The maximum absolute atomic E-state index is 11.0. The van der Waals surface area contributed by atoms with Crippen LogP contribution in [0.1, 0.15) is 31.5 Å². The van der Waals surface area contributed by atoms with Gasteiger partial charge in [0.15, 0.2) is 12.0 Å². The van der Waals surface area contributed by atoms with E-state index in [4.69, 9.17) is 0 Å². The molecule has 0 N–H and O–H groups in total. The van der Waals surface area contributed by atoms with Crippen molar-refractivity contribution in [3.63, 3.8) is 0 Å². The van der Waals surface area contributed by atoms with Crippen molar-refractivity contribution in [2.45, 2.75) is 32.2 Å². The highest BCUT2D eigenvalue weighted by molar-refractivity contribution is 5.04. The summed E-state index contributed by atoms with van der Waals surface area (Å²) in [5.74, 6) is -0.267. The van der Waals surface area contributed by atoms with Crippen LogP contribution in [0.3, 0.4) is 0 Å². The minimum atomic E-state index is -0.267. The van der Waals surface area contributed by atoms with Crippen LogP contribution in [-0.2, 0) is 6.42 Å². The van der Waals surface area contributed by atoms with Gasteiger partial charge in [0.1, 0.15) is 0 Å². The van der Waals surface area contributed by atoms with Crippen LogP contribution in [0, 0.1) is 0 Å². The summed E-state index contributed by atoms with van der Waals surface area (Å²) in [6, 6.07) is 0.324. The molecule has 11 heavy (non-hydrogen) atoms. The summed E-state index contributed by atoms with van der Waals surface area (Å²) in [5.41, 5.74) is 0.726. The standard InChI is InChI=1S/C7H10N2O2/c1-5-3-2-4-6-7(10)11-8-9(5)6/h5H,2-4H2,1H3/t5-/m1/s1. The average molecular weight is 154 g/mol. The molecule has 1 aromatic rings. The molecule has 1 aromatic heterocycles. The highest BCUT2D eigenvalue weighted by atomic mass is 16.6. The Balaban J connectivity index is 2.46. The van der Waals surface area contributed by atoms with Gasteiger partial charge in [-0.3, -0.25) is 0 Å². The third-order valence-corrected chi connectivity index (χ3v) is 2.18. The average Bonchev–Trinajstić information content (AvgIpc) is 2.35. The highest BCUT2D eigenvalue weighted by Gasteiger charge is 2.27. The van der Waals surface area contributed by atoms with Gasteiger partial charge in [-0.05, 0) is 6.42 Å².